The number of aryl methyl sites for hydroxylation is 1. The molecule has 0 heterocycles. The molecule has 1 atom stereocenters. The van der Waals surface area contributed by atoms with Crippen molar-refractivity contribution < 1.29 is 27.1 Å². The van der Waals surface area contributed by atoms with E-state index in [0.29, 0.717) is 42.7 Å². The number of halogens is 1. The molecule has 7 nitrogen and oxygen atoms in total. The average molecular weight is 479 g/mol. The fraction of sp³-hybridized carbons (Fsp3) is 0.458. The van der Waals surface area contributed by atoms with Crippen LogP contribution in [0.25, 0.3) is 0 Å². The standard InChI is InChI=1S/C24H31FN2O5S/c1-15-13-21(31-3)22(32-4)14-23(15)33(29,30)27-20-11-7-18(8-12-20)24(28)26-16(2)17-5-9-19(25)10-6-17/h5-6,9-10,13-14,16,18,20,27H,7-8,11-12H2,1-4H3,(H,26,28). The lowest BCUT2D eigenvalue weighted by molar-refractivity contribution is -0.126. The number of methoxy groups -OCH3 is 2. The first-order chi connectivity index (χ1) is 15.6. The molecule has 0 aromatic heterocycles. The first-order valence-corrected chi connectivity index (χ1v) is 12.4. The molecule has 0 aliphatic heterocycles. The molecule has 33 heavy (non-hydrogen) atoms. The van der Waals surface area contributed by atoms with Gasteiger partial charge in [-0.2, -0.15) is 0 Å². The number of sulfonamides is 1. The zero-order valence-corrected chi connectivity index (χ0v) is 20.2. The van der Waals surface area contributed by atoms with E-state index in [1.54, 1.807) is 25.1 Å². The van der Waals surface area contributed by atoms with E-state index in [1.807, 2.05) is 6.92 Å². The highest BCUT2D eigenvalue weighted by atomic mass is 32.2. The summed E-state index contributed by atoms with van der Waals surface area (Å²) in [5.41, 5.74) is 1.39. The van der Waals surface area contributed by atoms with Crippen molar-refractivity contribution >= 4 is 15.9 Å². The summed E-state index contributed by atoms with van der Waals surface area (Å²) in [5.74, 6) is 0.246. The van der Waals surface area contributed by atoms with Gasteiger partial charge in [0, 0.05) is 18.0 Å². The number of hydrogen-bond acceptors (Lipinski definition) is 5. The maximum Gasteiger partial charge on any atom is 0.241 e. The van der Waals surface area contributed by atoms with Crippen LogP contribution in [0.4, 0.5) is 4.39 Å². The number of nitrogens with one attached hydrogen (secondary N) is 2. The molecule has 0 radical (unpaired) electrons. The normalized spacial score (nSPS) is 19.5. The van der Waals surface area contributed by atoms with Gasteiger partial charge in [-0.15, -0.1) is 0 Å². The molecule has 180 valence electrons. The monoisotopic (exact) mass is 478 g/mol. The molecule has 1 amide bonds. The van der Waals surface area contributed by atoms with Crippen LogP contribution in [0.1, 0.15) is 49.8 Å². The van der Waals surface area contributed by atoms with Gasteiger partial charge >= 0.3 is 0 Å². The number of amides is 1. The number of ether oxygens (including phenoxy) is 2. The van der Waals surface area contributed by atoms with E-state index in [4.69, 9.17) is 9.47 Å². The zero-order chi connectivity index (χ0) is 24.2. The van der Waals surface area contributed by atoms with E-state index in [-0.39, 0.29) is 34.6 Å². The molecule has 1 unspecified atom stereocenters. The maximum atomic E-state index is 13.1. The molecule has 9 heteroatoms. The highest BCUT2D eigenvalue weighted by Crippen LogP contribution is 2.33. The SMILES string of the molecule is COc1cc(C)c(S(=O)(=O)NC2CCC(C(=O)NC(C)c3ccc(F)cc3)CC2)cc1OC. The molecule has 2 aromatic rings. The van der Waals surface area contributed by atoms with E-state index >= 15 is 0 Å². The van der Waals surface area contributed by atoms with Gasteiger partial charge < -0.3 is 14.8 Å². The van der Waals surface area contributed by atoms with Crippen molar-refractivity contribution in [3.8, 4) is 11.5 Å². The van der Waals surface area contributed by atoms with Crippen LogP contribution in [0.3, 0.4) is 0 Å². The molecule has 2 aromatic carbocycles. The van der Waals surface area contributed by atoms with Gasteiger partial charge in [0.05, 0.1) is 25.2 Å². The van der Waals surface area contributed by atoms with E-state index in [9.17, 15) is 17.6 Å². The predicted molar refractivity (Wildman–Crippen MR) is 123 cm³/mol. The lowest BCUT2D eigenvalue weighted by Crippen LogP contribution is -2.41. The minimum absolute atomic E-state index is 0.0659. The predicted octanol–water partition coefficient (Wildman–Crippen LogP) is 3.87. The highest BCUT2D eigenvalue weighted by Gasteiger charge is 2.30. The Morgan fingerprint density at radius 1 is 1.03 bits per heavy atom. The Kier molecular flexibility index (Phi) is 7.97. The summed E-state index contributed by atoms with van der Waals surface area (Å²) in [4.78, 5) is 12.8. The van der Waals surface area contributed by atoms with E-state index in [2.05, 4.69) is 10.0 Å². The first kappa shape index (κ1) is 25.0. The molecule has 3 rings (SSSR count). The lowest BCUT2D eigenvalue weighted by atomic mass is 9.85. The number of benzene rings is 2. The van der Waals surface area contributed by atoms with Gasteiger partial charge in [0.15, 0.2) is 11.5 Å². The number of rotatable bonds is 8. The summed E-state index contributed by atoms with van der Waals surface area (Å²) >= 11 is 0. The molecule has 1 saturated carbocycles. The molecule has 0 bridgehead atoms. The summed E-state index contributed by atoms with van der Waals surface area (Å²) in [6.07, 6.45) is 2.29. The second-order valence-electron chi connectivity index (χ2n) is 8.42. The Balaban J connectivity index is 1.58. The van der Waals surface area contributed by atoms with Crippen LogP contribution in [0, 0.1) is 18.7 Å². The number of hydrogen-bond donors (Lipinski definition) is 2. The maximum absolute atomic E-state index is 13.1. The van der Waals surface area contributed by atoms with Crippen LogP contribution in [-0.2, 0) is 14.8 Å². The van der Waals surface area contributed by atoms with E-state index < -0.39 is 10.0 Å². The minimum atomic E-state index is -3.76. The summed E-state index contributed by atoms with van der Waals surface area (Å²) in [6.45, 7) is 3.57. The molecule has 0 saturated heterocycles. The van der Waals surface area contributed by atoms with Crippen molar-refractivity contribution in [2.24, 2.45) is 5.92 Å². The van der Waals surface area contributed by atoms with Crippen LogP contribution >= 0.6 is 0 Å². The summed E-state index contributed by atoms with van der Waals surface area (Å²) in [6, 6.07) is 8.67. The van der Waals surface area contributed by atoms with Gasteiger partial charge in [-0.05, 0) is 68.9 Å². The van der Waals surface area contributed by atoms with Crippen LogP contribution in [0.2, 0.25) is 0 Å². The van der Waals surface area contributed by atoms with Crippen LogP contribution < -0.4 is 19.5 Å². The molecule has 0 spiro atoms. The van der Waals surface area contributed by atoms with Gasteiger partial charge in [-0.1, -0.05) is 12.1 Å². The van der Waals surface area contributed by atoms with Crippen molar-refractivity contribution in [3.63, 3.8) is 0 Å². The topological polar surface area (TPSA) is 93.7 Å². The van der Waals surface area contributed by atoms with Crippen molar-refractivity contribution in [2.45, 2.75) is 56.5 Å². The second kappa shape index (κ2) is 10.5. The molecule has 2 N–H and O–H groups in total. The van der Waals surface area contributed by atoms with Gasteiger partial charge in [0.25, 0.3) is 0 Å². The van der Waals surface area contributed by atoms with Gasteiger partial charge in [0.2, 0.25) is 15.9 Å². The Labute approximate surface area is 194 Å². The van der Waals surface area contributed by atoms with Gasteiger partial charge in [0.1, 0.15) is 5.82 Å². The quantitative estimate of drug-likeness (QED) is 0.601. The minimum Gasteiger partial charge on any atom is -0.493 e. The lowest BCUT2D eigenvalue weighted by Gasteiger charge is -2.29. The fourth-order valence-electron chi connectivity index (χ4n) is 4.17. The van der Waals surface area contributed by atoms with E-state index in [0.717, 1.165) is 5.56 Å². The van der Waals surface area contributed by atoms with Crippen molar-refractivity contribution in [3.05, 3.63) is 53.3 Å². The number of carbonyl (C=O) groups excluding carboxylic acids is 1. The number of carbonyl (C=O) groups is 1. The Bertz CT molecular complexity index is 1080. The molecule has 1 aliphatic carbocycles. The second-order valence-corrected chi connectivity index (χ2v) is 10.1. The largest absolute Gasteiger partial charge is 0.493 e. The summed E-state index contributed by atoms with van der Waals surface area (Å²) < 4.78 is 52.4. The molecular formula is C24H31FN2O5S. The van der Waals surface area contributed by atoms with Crippen LogP contribution in [0.15, 0.2) is 41.3 Å². The Morgan fingerprint density at radius 3 is 2.18 bits per heavy atom. The summed E-state index contributed by atoms with van der Waals surface area (Å²) in [5, 5.41) is 2.98. The van der Waals surface area contributed by atoms with Crippen molar-refractivity contribution in [1.82, 2.24) is 10.0 Å². The zero-order valence-electron chi connectivity index (χ0n) is 19.4. The smallest absolute Gasteiger partial charge is 0.241 e. The van der Waals surface area contributed by atoms with Crippen LogP contribution in [0.5, 0.6) is 11.5 Å². The fourth-order valence-corrected chi connectivity index (χ4v) is 5.72. The third-order valence-electron chi connectivity index (χ3n) is 6.12. The third kappa shape index (κ3) is 6.03. The van der Waals surface area contributed by atoms with Crippen molar-refractivity contribution in [2.75, 3.05) is 14.2 Å². The van der Waals surface area contributed by atoms with Gasteiger partial charge in [-0.3, -0.25) is 4.79 Å². The van der Waals surface area contributed by atoms with E-state index in [1.165, 1.54) is 32.4 Å². The first-order valence-electron chi connectivity index (χ1n) is 11.0. The molecule has 1 fully saturated rings. The van der Waals surface area contributed by atoms with Crippen molar-refractivity contribution in [1.29, 1.82) is 0 Å². The molecule has 1 aliphatic rings. The Hall–Kier alpha value is -2.65. The summed E-state index contributed by atoms with van der Waals surface area (Å²) in [7, 11) is -0.804. The van der Waals surface area contributed by atoms with Gasteiger partial charge in [-0.25, -0.2) is 17.5 Å². The third-order valence-corrected chi connectivity index (χ3v) is 7.78. The highest BCUT2D eigenvalue weighted by molar-refractivity contribution is 7.89. The van der Waals surface area contributed by atoms with Crippen LogP contribution in [-0.4, -0.2) is 34.6 Å². The Morgan fingerprint density at radius 2 is 1.61 bits per heavy atom. The average Bonchev–Trinajstić information content (AvgIpc) is 2.79. The molecular weight excluding hydrogens is 447 g/mol.